The van der Waals surface area contributed by atoms with Gasteiger partial charge in [-0.2, -0.15) is 0 Å². The van der Waals surface area contributed by atoms with Gasteiger partial charge in [-0.3, -0.25) is 4.40 Å². The summed E-state index contributed by atoms with van der Waals surface area (Å²) in [5.74, 6) is -0.452. The average molecular weight is 344 g/mol. The Morgan fingerprint density at radius 3 is 2.62 bits per heavy atom. The number of imidazole rings is 1. The Balaban J connectivity index is 1.92. The fourth-order valence-electron chi connectivity index (χ4n) is 2.21. The second-order valence-electron chi connectivity index (χ2n) is 4.74. The molecule has 0 amide bonds. The third-order valence-electron chi connectivity index (χ3n) is 3.18. The van der Waals surface area contributed by atoms with Crippen molar-refractivity contribution in [1.82, 2.24) is 9.38 Å². The molecule has 0 saturated heterocycles. The molecule has 3 rings (SSSR count). The second-order valence-corrected chi connectivity index (χ2v) is 6.76. The maximum absolute atomic E-state index is 13.2. The van der Waals surface area contributed by atoms with Gasteiger partial charge in [-0.05, 0) is 26.0 Å². The number of nitrogens with zero attached hydrogens (tertiary/aromatic N) is 2. The van der Waals surface area contributed by atoms with E-state index in [1.54, 1.807) is 11.3 Å². The zero-order chi connectivity index (χ0) is 15.1. The van der Waals surface area contributed by atoms with Crippen molar-refractivity contribution in [1.29, 1.82) is 0 Å². The summed E-state index contributed by atoms with van der Waals surface area (Å²) in [7, 11) is 0. The van der Waals surface area contributed by atoms with Crippen LogP contribution in [0.3, 0.4) is 0 Å². The van der Waals surface area contributed by atoms with E-state index in [0.717, 1.165) is 16.3 Å². The quantitative estimate of drug-likeness (QED) is 0.719. The first-order valence-electron chi connectivity index (χ1n) is 6.28. The normalized spacial score (nSPS) is 11.3. The number of aromatic nitrogens is 2. The number of rotatable bonds is 3. The number of nitrogens with one attached hydrogen (secondary N) is 1. The van der Waals surface area contributed by atoms with Crippen LogP contribution in [0.2, 0.25) is 10.0 Å². The third kappa shape index (κ3) is 2.73. The van der Waals surface area contributed by atoms with E-state index in [1.165, 1.54) is 17.0 Å². The van der Waals surface area contributed by atoms with Gasteiger partial charge >= 0.3 is 0 Å². The van der Waals surface area contributed by atoms with Crippen LogP contribution in [0.5, 0.6) is 0 Å². The molecule has 2 heterocycles. The minimum absolute atomic E-state index is 0.264. The Labute approximate surface area is 135 Å². The van der Waals surface area contributed by atoms with Gasteiger partial charge in [0.1, 0.15) is 5.82 Å². The summed E-state index contributed by atoms with van der Waals surface area (Å²) in [6.45, 7) is 4.51. The Kier molecular flexibility index (Phi) is 3.82. The molecule has 0 saturated carbocycles. The summed E-state index contributed by atoms with van der Waals surface area (Å²) in [5.41, 5.74) is 2.51. The van der Waals surface area contributed by atoms with Crippen LogP contribution in [0, 0.1) is 19.7 Å². The SMILES string of the molecule is Cc1cn2c(CNc3c(Cl)cc(F)cc3Cl)c(C)nc2s1. The minimum atomic E-state index is -0.452. The summed E-state index contributed by atoms with van der Waals surface area (Å²) in [5, 5.41) is 3.69. The van der Waals surface area contributed by atoms with Gasteiger partial charge in [0.25, 0.3) is 0 Å². The summed E-state index contributed by atoms with van der Waals surface area (Å²) in [6, 6.07) is 2.48. The molecule has 0 bridgehead atoms. The van der Waals surface area contributed by atoms with Crippen molar-refractivity contribution in [3.8, 4) is 0 Å². The van der Waals surface area contributed by atoms with Gasteiger partial charge in [-0.15, -0.1) is 11.3 Å². The van der Waals surface area contributed by atoms with E-state index in [4.69, 9.17) is 23.2 Å². The molecule has 2 aromatic heterocycles. The highest BCUT2D eigenvalue weighted by Crippen LogP contribution is 2.32. The van der Waals surface area contributed by atoms with Gasteiger partial charge in [-0.1, -0.05) is 23.2 Å². The minimum Gasteiger partial charge on any atom is -0.377 e. The van der Waals surface area contributed by atoms with Crippen molar-refractivity contribution in [2.45, 2.75) is 20.4 Å². The molecule has 0 aliphatic rings. The lowest BCUT2D eigenvalue weighted by Crippen LogP contribution is -2.04. The number of aryl methyl sites for hydroxylation is 2. The Morgan fingerprint density at radius 2 is 1.95 bits per heavy atom. The molecule has 0 atom stereocenters. The number of benzene rings is 1. The monoisotopic (exact) mass is 343 g/mol. The van der Waals surface area contributed by atoms with Crippen LogP contribution in [0.15, 0.2) is 18.3 Å². The number of hydrogen-bond donors (Lipinski definition) is 1. The van der Waals surface area contributed by atoms with Crippen LogP contribution in [0.25, 0.3) is 4.96 Å². The number of fused-ring (bicyclic) bond motifs is 1. The molecule has 21 heavy (non-hydrogen) atoms. The number of thiazole rings is 1. The highest BCUT2D eigenvalue weighted by molar-refractivity contribution is 7.17. The summed E-state index contributed by atoms with van der Waals surface area (Å²) in [6.07, 6.45) is 2.05. The fourth-order valence-corrected chi connectivity index (χ4v) is 3.69. The molecule has 110 valence electrons. The van der Waals surface area contributed by atoms with Crippen molar-refractivity contribution in [2.75, 3.05) is 5.32 Å². The van der Waals surface area contributed by atoms with E-state index in [0.29, 0.717) is 12.2 Å². The average Bonchev–Trinajstić information content (AvgIpc) is 2.84. The topological polar surface area (TPSA) is 29.3 Å². The lowest BCUT2D eigenvalue weighted by atomic mass is 10.3. The molecular formula is C14H12Cl2FN3S. The third-order valence-corrected chi connectivity index (χ3v) is 4.67. The van der Waals surface area contributed by atoms with Crippen molar-refractivity contribution >= 4 is 45.2 Å². The van der Waals surface area contributed by atoms with Crippen LogP contribution in [-0.2, 0) is 6.54 Å². The van der Waals surface area contributed by atoms with Gasteiger partial charge in [-0.25, -0.2) is 9.37 Å². The van der Waals surface area contributed by atoms with Gasteiger partial charge in [0.05, 0.1) is 33.7 Å². The number of anilines is 1. The molecule has 3 aromatic rings. The highest BCUT2D eigenvalue weighted by atomic mass is 35.5. The van der Waals surface area contributed by atoms with Crippen molar-refractivity contribution in [2.24, 2.45) is 0 Å². The molecule has 0 fully saturated rings. The predicted octanol–water partition coefficient (Wildman–Crippen LogP) is 5.07. The van der Waals surface area contributed by atoms with E-state index in [2.05, 4.69) is 10.3 Å². The largest absolute Gasteiger partial charge is 0.377 e. The Hall–Kier alpha value is -1.30. The van der Waals surface area contributed by atoms with Crippen molar-refractivity contribution in [3.05, 3.63) is 50.5 Å². The zero-order valence-corrected chi connectivity index (χ0v) is 13.7. The second kappa shape index (κ2) is 5.48. The first-order chi connectivity index (χ1) is 9.95. The standard InChI is InChI=1S/C14H12Cl2FN3S/c1-7-6-20-12(8(2)19-14(20)21-7)5-18-13-10(15)3-9(17)4-11(13)16/h3-4,6,18H,5H2,1-2H3. The van der Waals surface area contributed by atoms with Gasteiger partial charge in [0, 0.05) is 11.1 Å². The van der Waals surface area contributed by atoms with Crippen LogP contribution < -0.4 is 5.32 Å². The molecule has 0 unspecified atom stereocenters. The predicted molar refractivity (Wildman–Crippen MR) is 86.3 cm³/mol. The van der Waals surface area contributed by atoms with Gasteiger partial charge in [0.2, 0.25) is 0 Å². The molecule has 0 aliphatic carbocycles. The smallest absolute Gasteiger partial charge is 0.194 e. The fraction of sp³-hybridized carbons (Fsp3) is 0.214. The van der Waals surface area contributed by atoms with Gasteiger partial charge in [0.15, 0.2) is 4.96 Å². The molecule has 0 aliphatic heterocycles. The van der Waals surface area contributed by atoms with E-state index in [1.807, 2.05) is 24.4 Å². The molecule has 7 heteroatoms. The maximum Gasteiger partial charge on any atom is 0.194 e. The molecule has 0 spiro atoms. The lowest BCUT2D eigenvalue weighted by Gasteiger charge is -2.10. The Bertz CT molecular complexity index is 802. The van der Waals surface area contributed by atoms with E-state index >= 15 is 0 Å². The number of hydrogen-bond acceptors (Lipinski definition) is 3. The molecule has 1 N–H and O–H groups in total. The Morgan fingerprint density at radius 1 is 1.29 bits per heavy atom. The molecular weight excluding hydrogens is 332 g/mol. The molecule has 0 radical (unpaired) electrons. The van der Waals surface area contributed by atoms with Crippen molar-refractivity contribution in [3.63, 3.8) is 0 Å². The highest BCUT2D eigenvalue weighted by Gasteiger charge is 2.13. The van der Waals surface area contributed by atoms with Gasteiger partial charge < -0.3 is 5.32 Å². The van der Waals surface area contributed by atoms with E-state index in [9.17, 15) is 4.39 Å². The molecule has 3 nitrogen and oxygen atoms in total. The zero-order valence-electron chi connectivity index (χ0n) is 11.4. The first-order valence-corrected chi connectivity index (χ1v) is 7.85. The lowest BCUT2D eigenvalue weighted by molar-refractivity contribution is 0.628. The van der Waals surface area contributed by atoms with Crippen LogP contribution >= 0.6 is 34.5 Å². The maximum atomic E-state index is 13.2. The summed E-state index contributed by atoms with van der Waals surface area (Å²) in [4.78, 5) is 6.67. The van der Waals surface area contributed by atoms with Crippen molar-refractivity contribution < 1.29 is 4.39 Å². The molecule has 1 aromatic carbocycles. The summed E-state index contributed by atoms with van der Waals surface area (Å²) >= 11 is 13.7. The van der Waals surface area contributed by atoms with E-state index < -0.39 is 5.82 Å². The van der Waals surface area contributed by atoms with E-state index in [-0.39, 0.29) is 10.0 Å². The van der Waals surface area contributed by atoms with Crippen LogP contribution in [0.4, 0.5) is 10.1 Å². The van der Waals surface area contributed by atoms with Crippen LogP contribution in [-0.4, -0.2) is 9.38 Å². The first kappa shape index (κ1) is 14.6. The van der Waals surface area contributed by atoms with Crippen LogP contribution in [0.1, 0.15) is 16.3 Å². The summed E-state index contributed by atoms with van der Waals surface area (Å²) < 4.78 is 15.2. The number of halogens is 3.